The third kappa shape index (κ3) is 2.41. The Hall–Kier alpha value is -2.58. The van der Waals surface area contributed by atoms with Crippen LogP contribution in [0.3, 0.4) is 0 Å². The first-order chi connectivity index (χ1) is 10.2. The Kier molecular flexibility index (Phi) is 3.46. The van der Waals surface area contributed by atoms with Gasteiger partial charge in [0.15, 0.2) is 5.78 Å². The van der Waals surface area contributed by atoms with E-state index in [0.717, 1.165) is 22.5 Å². The fourth-order valence-electron chi connectivity index (χ4n) is 2.22. The maximum Gasteiger partial charge on any atom is 0.347 e. The highest BCUT2D eigenvalue weighted by molar-refractivity contribution is 8.04. The molecule has 1 aromatic heterocycles. The molecule has 3 rings (SSSR count). The van der Waals surface area contributed by atoms with Gasteiger partial charge in [0.1, 0.15) is 16.5 Å². The molecule has 102 valence electrons. The zero-order chi connectivity index (χ0) is 14.8. The van der Waals surface area contributed by atoms with Gasteiger partial charge in [0.2, 0.25) is 0 Å². The topological polar surface area (TPSA) is 71.1 Å². The minimum absolute atomic E-state index is 0.0134. The molecule has 0 atom stereocenters. The number of carbonyl (C=O) groups excluding carboxylic acids is 1. The maximum absolute atomic E-state index is 12.0. The Balaban J connectivity index is 2.22. The first kappa shape index (κ1) is 13.4. The van der Waals surface area contributed by atoms with Crippen LogP contribution in [-0.2, 0) is 0 Å². The number of carbonyl (C=O) groups is 1. The van der Waals surface area contributed by atoms with E-state index < -0.39 is 11.4 Å². The van der Waals surface area contributed by atoms with E-state index in [-0.39, 0.29) is 11.3 Å². The second kappa shape index (κ2) is 5.43. The van der Waals surface area contributed by atoms with Crippen LogP contribution < -0.4 is 5.63 Å². The van der Waals surface area contributed by atoms with Crippen molar-refractivity contribution < 1.29 is 9.21 Å². The zero-order valence-electron chi connectivity index (χ0n) is 10.8. The molecule has 0 fully saturated rings. The van der Waals surface area contributed by atoms with E-state index in [9.17, 15) is 9.59 Å². The van der Waals surface area contributed by atoms with Gasteiger partial charge in [-0.05, 0) is 23.2 Å². The van der Waals surface area contributed by atoms with Crippen LogP contribution in [-0.4, -0.2) is 11.5 Å². The van der Waals surface area contributed by atoms with Crippen molar-refractivity contribution in [2.45, 2.75) is 0 Å². The molecule has 0 saturated carbocycles. The van der Waals surface area contributed by atoms with Crippen molar-refractivity contribution in [3.8, 4) is 5.40 Å². The molecule has 0 spiro atoms. The molecule has 1 heterocycles. The van der Waals surface area contributed by atoms with Gasteiger partial charge in [-0.3, -0.25) is 4.79 Å². The van der Waals surface area contributed by atoms with E-state index in [1.54, 1.807) is 0 Å². The molecule has 5 heteroatoms. The summed E-state index contributed by atoms with van der Waals surface area (Å²) in [6.07, 6.45) is 0. The summed E-state index contributed by atoms with van der Waals surface area (Å²) >= 11 is 0.803. The van der Waals surface area contributed by atoms with Crippen LogP contribution in [0.1, 0.15) is 10.4 Å². The molecule has 21 heavy (non-hydrogen) atoms. The highest BCUT2D eigenvalue weighted by Crippen LogP contribution is 2.24. The largest absolute Gasteiger partial charge is 0.422 e. The van der Waals surface area contributed by atoms with E-state index in [1.807, 2.05) is 41.8 Å². The van der Waals surface area contributed by atoms with Crippen molar-refractivity contribution in [2.24, 2.45) is 0 Å². The molecular weight excluding hydrogens is 286 g/mol. The van der Waals surface area contributed by atoms with Crippen molar-refractivity contribution in [1.82, 2.24) is 0 Å². The number of benzene rings is 2. The zero-order valence-corrected chi connectivity index (χ0v) is 11.6. The molecule has 0 saturated heterocycles. The van der Waals surface area contributed by atoms with Gasteiger partial charge in [0.25, 0.3) is 0 Å². The van der Waals surface area contributed by atoms with Gasteiger partial charge in [-0.15, -0.1) is 0 Å². The monoisotopic (exact) mass is 295 g/mol. The lowest BCUT2D eigenvalue weighted by atomic mass is 10.1. The third-order valence-electron chi connectivity index (χ3n) is 3.19. The van der Waals surface area contributed by atoms with Gasteiger partial charge in [0, 0.05) is 10.8 Å². The van der Waals surface area contributed by atoms with Gasteiger partial charge in [-0.1, -0.05) is 36.4 Å². The molecule has 0 unspecified atom stereocenters. The number of nitriles is 1. The second-order valence-electron chi connectivity index (χ2n) is 4.46. The molecule has 0 amide bonds. The van der Waals surface area contributed by atoms with E-state index in [4.69, 9.17) is 9.68 Å². The van der Waals surface area contributed by atoms with Crippen molar-refractivity contribution in [1.29, 1.82) is 5.26 Å². The molecule has 2 aromatic carbocycles. The summed E-state index contributed by atoms with van der Waals surface area (Å²) in [5, 5.41) is 12.8. The fraction of sp³-hybridized carbons (Fsp3) is 0.0625. The minimum atomic E-state index is -0.664. The number of rotatable bonds is 3. The molecule has 0 bridgehead atoms. The molecular formula is C16H9NO3S. The highest BCUT2D eigenvalue weighted by Gasteiger charge is 2.14. The first-order valence-corrected chi connectivity index (χ1v) is 7.19. The molecule has 0 aliphatic heterocycles. The average Bonchev–Trinajstić information content (AvgIpc) is 2.52. The molecule has 0 aliphatic rings. The number of fused-ring (bicyclic) bond motifs is 3. The summed E-state index contributed by atoms with van der Waals surface area (Å²) in [5.74, 6) is -0.453. The Morgan fingerprint density at radius 3 is 2.76 bits per heavy atom. The van der Waals surface area contributed by atoms with Gasteiger partial charge < -0.3 is 4.42 Å². The average molecular weight is 295 g/mol. The summed E-state index contributed by atoms with van der Waals surface area (Å²) in [6, 6.07) is 12.8. The second-order valence-corrected chi connectivity index (χ2v) is 5.22. The number of hydrogen-bond acceptors (Lipinski definition) is 5. The van der Waals surface area contributed by atoms with Crippen molar-refractivity contribution >= 4 is 39.3 Å². The van der Waals surface area contributed by atoms with Crippen LogP contribution in [0.15, 0.2) is 51.7 Å². The van der Waals surface area contributed by atoms with Crippen molar-refractivity contribution in [2.75, 3.05) is 5.75 Å². The van der Waals surface area contributed by atoms with Crippen LogP contribution in [0.5, 0.6) is 0 Å². The van der Waals surface area contributed by atoms with E-state index >= 15 is 0 Å². The summed E-state index contributed by atoms with van der Waals surface area (Å²) in [4.78, 5) is 23.9. The Morgan fingerprint density at radius 1 is 1.19 bits per heavy atom. The third-order valence-corrected chi connectivity index (χ3v) is 3.73. The van der Waals surface area contributed by atoms with Crippen LogP contribution in [0.25, 0.3) is 21.7 Å². The Labute approximate surface area is 124 Å². The number of hydrogen-bond donors (Lipinski definition) is 0. The standard InChI is InChI=1S/C16H9NO3S/c17-9-21-8-14(18)13-7-11-6-5-10-3-1-2-4-12(10)15(11)20-16(13)19/h1-7H,8H2. The quantitative estimate of drug-likeness (QED) is 0.321. The summed E-state index contributed by atoms with van der Waals surface area (Å²) in [6.45, 7) is 0. The fourth-order valence-corrected chi connectivity index (χ4v) is 2.57. The van der Waals surface area contributed by atoms with Crippen LogP contribution in [0.2, 0.25) is 0 Å². The van der Waals surface area contributed by atoms with E-state index in [0.29, 0.717) is 11.0 Å². The molecule has 4 nitrogen and oxygen atoms in total. The summed E-state index contributed by atoms with van der Waals surface area (Å²) in [7, 11) is 0. The minimum Gasteiger partial charge on any atom is -0.422 e. The normalized spacial score (nSPS) is 10.6. The molecule has 0 aliphatic carbocycles. The number of Topliss-reactive ketones (excluding diaryl/α,β-unsaturated/α-hetero) is 1. The summed E-state index contributed by atoms with van der Waals surface area (Å²) in [5.41, 5.74) is -0.203. The highest BCUT2D eigenvalue weighted by atomic mass is 32.2. The smallest absolute Gasteiger partial charge is 0.347 e. The maximum atomic E-state index is 12.0. The predicted molar refractivity (Wildman–Crippen MR) is 82.4 cm³/mol. The number of nitrogens with zero attached hydrogens (tertiary/aromatic N) is 1. The number of ketones is 1. The van der Waals surface area contributed by atoms with Crippen LogP contribution in [0, 0.1) is 10.7 Å². The predicted octanol–water partition coefficient (Wildman–Crippen LogP) is 3.34. The molecule has 0 radical (unpaired) electrons. The van der Waals surface area contributed by atoms with Crippen molar-refractivity contribution in [3.05, 3.63) is 58.4 Å². The van der Waals surface area contributed by atoms with E-state index in [2.05, 4.69) is 0 Å². The van der Waals surface area contributed by atoms with Gasteiger partial charge in [-0.25, -0.2) is 4.79 Å². The Bertz CT molecular complexity index is 953. The van der Waals surface area contributed by atoms with Gasteiger partial charge in [-0.2, -0.15) is 5.26 Å². The lowest BCUT2D eigenvalue weighted by Crippen LogP contribution is -2.15. The van der Waals surface area contributed by atoms with E-state index in [1.165, 1.54) is 6.07 Å². The molecule has 0 N–H and O–H groups in total. The lowest BCUT2D eigenvalue weighted by molar-refractivity contribution is 0.101. The van der Waals surface area contributed by atoms with Crippen LogP contribution >= 0.6 is 11.8 Å². The SMILES string of the molecule is N#CSCC(=O)c1cc2ccc3ccccc3c2oc1=O. The number of thioether (sulfide) groups is 1. The Morgan fingerprint density at radius 2 is 1.95 bits per heavy atom. The first-order valence-electron chi connectivity index (χ1n) is 6.20. The number of thiocyanates is 1. The summed E-state index contributed by atoms with van der Waals surface area (Å²) < 4.78 is 5.34. The lowest BCUT2D eigenvalue weighted by Gasteiger charge is -2.04. The van der Waals surface area contributed by atoms with Crippen molar-refractivity contribution in [3.63, 3.8) is 0 Å². The van der Waals surface area contributed by atoms with Gasteiger partial charge in [0.05, 0.1) is 5.75 Å². The molecule has 3 aromatic rings. The van der Waals surface area contributed by atoms with Crippen LogP contribution in [0.4, 0.5) is 0 Å². The van der Waals surface area contributed by atoms with Gasteiger partial charge >= 0.3 is 5.63 Å².